The van der Waals surface area contributed by atoms with E-state index in [0.29, 0.717) is 5.56 Å². The predicted molar refractivity (Wildman–Crippen MR) is 87.4 cm³/mol. The van der Waals surface area contributed by atoms with Crippen LogP contribution in [0.25, 0.3) is 0 Å². The van der Waals surface area contributed by atoms with E-state index in [1.807, 2.05) is 26.4 Å². The Bertz CT molecular complexity index is 454. The van der Waals surface area contributed by atoms with Crippen molar-refractivity contribution in [2.45, 2.75) is 13.8 Å². The van der Waals surface area contributed by atoms with Crippen LogP contribution in [0.1, 0.15) is 21.5 Å². The average molecular weight is 362 g/mol. The van der Waals surface area contributed by atoms with Gasteiger partial charge >= 0.3 is 5.97 Å². The lowest BCUT2D eigenvalue weighted by Crippen LogP contribution is -2.30. The van der Waals surface area contributed by atoms with Crippen LogP contribution in [-0.4, -0.2) is 38.0 Å². The van der Waals surface area contributed by atoms with Crippen molar-refractivity contribution >= 4 is 39.6 Å². The maximum Gasteiger partial charge on any atom is 0.325 e. The average Bonchev–Trinajstić information content (AvgIpc) is 2.41. The Hall–Kier alpha value is -1.01. The molecule has 0 aliphatic rings. The SMILES string of the molecule is COC(=O)CNC(=O)c1cc(C)c(Br)c(C)c1.CSC. The summed E-state index contributed by atoms with van der Waals surface area (Å²) in [7, 11) is 1.28. The maximum absolute atomic E-state index is 11.7. The molecule has 0 fully saturated rings. The molecule has 1 rings (SSSR count). The number of ether oxygens (including phenoxy) is 1. The summed E-state index contributed by atoms with van der Waals surface area (Å²) in [6.45, 7) is 3.70. The van der Waals surface area contributed by atoms with Crippen LogP contribution in [0.5, 0.6) is 0 Å². The summed E-state index contributed by atoms with van der Waals surface area (Å²) >= 11 is 5.18. The van der Waals surface area contributed by atoms with Gasteiger partial charge in [0, 0.05) is 10.0 Å². The van der Waals surface area contributed by atoms with E-state index in [9.17, 15) is 9.59 Å². The molecule has 1 aromatic carbocycles. The maximum atomic E-state index is 11.7. The summed E-state index contributed by atoms with van der Waals surface area (Å²) in [5.74, 6) is -0.752. The first-order valence-electron chi connectivity index (χ1n) is 5.89. The molecule has 4 nitrogen and oxygen atoms in total. The number of esters is 1. The minimum absolute atomic E-state index is 0.122. The van der Waals surface area contributed by atoms with Crippen molar-refractivity contribution in [3.8, 4) is 0 Å². The summed E-state index contributed by atoms with van der Waals surface area (Å²) in [5, 5.41) is 2.49. The van der Waals surface area contributed by atoms with E-state index in [2.05, 4.69) is 26.0 Å². The Morgan fingerprint density at radius 2 is 1.70 bits per heavy atom. The molecule has 0 unspecified atom stereocenters. The molecule has 1 N–H and O–H groups in total. The molecular weight excluding hydrogens is 342 g/mol. The van der Waals surface area contributed by atoms with Crippen LogP contribution in [-0.2, 0) is 9.53 Å². The summed E-state index contributed by atoms with van der Waals surface area (Å²) < 4.78 is 5.43. The molecule has 0 radical (unpaired) electrons. The van der Waals surface area contributed by atoms with Crippen LogP contribution >= 0.6 is 27.7 Å². The van der Waals surface area contributed by atoms with E-state index in [0.717, 1.165) is 15.6 Å². The second-order valence-corrected chi connectivity index (χ2v) is 5.70. The fourth-order valence-electron chi connectivity index (χ4n) is 1.40. The Kier molecular flexibility index (Phi) is 9.33. The predicted octanol–water partition coefficient (Wildman–Crippen LogP) is 2.95. The smallest absolute Gasteiger partial charge is 0.325 e. The Morgan fingerprint density at radius 3 is 2.10 bits per heavy atom. The number of halogens is 1. The third-order valence-electron chi connectivity index (χ3n) is 2.32. The van der Waals surface area contributed by atoms with Crippen LogP contribution < -0.4 is 5.32 Å². The van der Waals surface area contributed by atoms with Crippen LogP contribution in [0.2, 0.25) is 0 Å². The van der Waals surface area contributed by atoms with Gasteiger partial charge in [0.05, 0.1) is 7.11 Å². The first-order valence-corrected chi connectivity index (χ1v) is 8.31. The van der Waals surface area contributed by atoms with E-state index < -0.39 is 5.97 Å². The van der Waals surface area contributed by atoms with Crippen LogP contribution in [0.3, 0.4) is 0 Å². The number of hydrogen-bond acceptors (Lipinski definition) is 4. The van der Waals surface area contributed by atoms with Crippen molar-refractivity contribution in [1.29, 1.82) is 0 Å². The van der Waals surface area contributed by atoms with Crippen LogP contribution in [0.15, 0.2) is 16.6 Å². The number of rotatable bonds is 3. The number of hydrogen-bond donors (Lipinski definition) is 1. The quantitative estimate of drug-likeness (QED) is 0.840. The largest absolute Gasteiger partial charge is 0.468 e. The van der Waals surface area contributed by atoms with Gasteiger partial charge in [-0.15, -0.1) is 0 Å². The Morgan fingerprint density at radius 1 is 1.25 bits per heavy atom. The molecule has 1 amide bonds. The molecule has 0 atom stereocenters. The van der Waals surface area contributed by atoms with Gasteiger partial charge in [0.25, 0.3) is 5.91 Å². The van der Waals surface area contributed by atoms with Gasteiger partial charge < -0.3 is 10.1 Å². The van der Waals surface area contributed by atoms with Gasteiger partial charge in [-0.05, 0) is 49.6 Å². The van der Waals surface area contributed by atoms with Gasteiger partial charge in [-0.1, -0.05) is 15.9 Å². The number of amides is 1. The summed E-state index contributed by atoms with van der Waals surface area (Å²) in [4.78, 5) is 22.6. The van der Waals surface area contributed by atoms with E-state index >= 15 is 0 Å². The third-order valence-corrected chi connectivity index (χ3v) is 3.57. The number of carbonyl (C=O) groups is 2. The summed E-state index contributed by atoms with van der Waals surface area (Å²) in [5.41, 5.74) is 2.49. The second-order valence-electron chi connectivity index (χ2n) is 4.09. The number of methoxy groups -OCH3 is 1. The molecule has 6 heteroatoms. The molecular formula is C14H20BrNO3S. The summed E-state index contributed by atoms with van der Waals surface area (Å²) in [6.07, 6.45) is 4.08. The van der Waals surface area contributed by atoms with Gasteiger partial charge in [0.2, 0.25) is 0 Å². The van der Waals surface area contributed by atoms with E-state index in [-0.39, 0.29) is 12.5 Å². The zero-order valence-corrected chi connectivity index (χ0v) is 14.8. The standard InChI is InChI=1S/C12H14BrNO3.C2H6S/c1-7-4-9(5-8(2)11(7)13)12(16)14-6-10(15)17-3;1-3-2/h4-5H,6H2,1-3H3,(H,14,16);1-2H3. The lowest BCUT2D eigenvalue weighted by atomic mass is 10.1. The number of carbonyl (C=O) groups excluding carboxylic acids is 2. The minimum atomic E-state index is -0.469. The highest BCUT2D eigenvalue weighted by molar-refractivity contribution is 9.10. The van der Waals surface area contributed by atoms with Crippen molar-refractivity contribution in [3.05, 3.63) is 33.3 Å². The molecule has 0 heterocycles. The zero-order valence-electron chi connectivity index (χ0n) is 12.4. The minimum Gasteiger partial charge on any atom is -0.468 e. The molecule has 0 bridgehead atoms. The van der Waals surface area contributed by atoms with E-state index in [1.54, 1.807) is 23.9 Å². The molecule has 20 heavy (non-hydrogen) atoms. The van der Waals surface area contributed by atoms with E-state index in [1.165, 1.54) is 7.11 Å². The second kappa shape index (κ2) is 9.83. The molecule has 0 spiro atoms. The van der Waals surface area contributed by atoms with Crippen molar-refractivity contribution in [2.24, 2.45) is 0 Å². The topological polar surface area (TPSA) is 55.4 Å². The molecule has 1 aromatic rings. The van der Waals surface area contributed by atoms with Gasteiger partial charge in [0.15, 0.2) is 0 Å². The number of aryl methyl sites for hydroxylation is 2. The highest BCUT2D eigenvalue weighted by Gasteiger charge is 2.10. The highest BCUT2D eigenvalue weighted by Crippen LogP contribution is 2.22. The fraction of sp³-hybridized carbons (Fsp3) is 0.429. The first kappa shape index (κ1) is 19.0. The molecule has 0 aliphatic carbocycles. The monoisotopic (exact) mass is 361 g/mol. The highest BCUT2D eigenvalue weighted by atomic mass is 79.9. The van der Waals surface area contributed by atoms with Gasteiger partial charge in [0.1, 0.15) is 6.54 Å². The van der Waals surface area contributed by atoms with Crippen molar-refractivity contribution in [1.82, 2.24) is 5.32 Å². The Labute approximate surface area is 132 Å². The van der Waals surface area contributed by atoms with Gasteiger partial charge in [-0.3, -0.25) is 9.59 Å². The normalized spacial score (nSPS) is 9.30. The van der Waals surface area contributed by atoms with E-state index in [4.69, 9.17) is 0 Å². The van der Waals surface area contributed by atoms with Crippen molar-refractivity contribution in [3.63, 3.8) is 0 Å². The lowest BCUT2D eigenvalue weighted by molar-refractivity contribution is -0.139. The lowest BCUT2D eigenvalue weighted by Gasteiger charge is -2.08. The number of benzene rings is 1. The van der Waals surface area contributed by atoms with Crippen LogP contribution in [0.4, 0.5) is 0 Å². The molecule has 0 aromatic heterocycles. The molecule has 112 valence electrons. The molecule has 0 aliphatic heterocycles. The van der Waals surface area contributed by atoms with Crippen molar-refractivity contribution in [2.75, 3.05) is 26.2 Å². The zero-order chi connectivity index (χ0) is 15.7. The Balaban J connectivity index is 0.00000110. The summed E-state index contributed by atoms with van der Waals surface area (Å²) in [6, 6.07) is 3.54. The molecule has 0 saturated carbocycles. The van der Waals surface area contributed by atoms with Crippen LogP contribution in [0, 0.1) is 13.8 Å². The number of thioether (sulfide) groups is 1. The first-order chi connectivity index (χ1) is 9.37. The molecule has 0 saturated heterocycles. The fourth-order valence-corrected chi connectivity index (χ4v) is 1.63. The van der Waals surface area contributed by atoms with Gasteiger partial charge in [-0.2, -0.15) is 11.8 Å². The number of nitrogens with one attached hydrogen (secondary N) is 1. The van der Waals surface area contributed by atoms with Crippen molar-refractivity contribution < 1.29 is 14.3 Å². The third kappa shape index (κ3) is 6.43. The van der Waals surface area contributed by atoms with Gasteiger partial charge in [-0.25, -0.2) is 0 Å².